The van der Waals surface area contributed by atoms with Crippen molar-refractivity contribution in [3.63, 3.8) is 0 Å². The molecule has 10 aromatic rings. The molecule has 0 spiro atoms. The van der Waals surface area contributed by atoms with Gasteiger partial charge in [-0.05, 0) is 148 Å². The zero-order chi connectivity index (χ0) is 74.2. The van der Waals surface area contributed by atoms with Gasteiger partial charge >= 0.3 is 24.3 Å². The van der Waals surface area contributed by atoms with Crippen LogP contribution < -0.4 is 34.5 Å². The average Bonchev–Trinajstić information content (AvgIpc) is 0.848. The maximum absolute atomic E-state index is 14.2. The number of aromatic nitrogens is 6. The highest BCUT2D eigenvalue weighted by Gasteiger charge is 2.39. The molecule has 24 nitrogen and oxygen atoms in total. The number of anilines is 4. The van der Waals surface area contributed by atoms with Gasteiger partial charge in [0.25, 0.3) is 20.0 Å². The average molecular weight is 1530 g/mol. The van der Waals surface area contributed by atoms with E-state index in [1.807, 2.05) is 65.0 Å². The molecule has 2 fully saturated rings. The molecule has 542 valence electrons. The molecule has 12 rings (SSSR count). The number of benzene rings is 6. The van der Waals surface area contributed by atoms with Crippen molar-refractivity contribution in [2.24, 2.45) is 0 Å². The molecule has 5 N–H and O–H groups in total. The van der Waals surface area contributed by atoms with Crippen LogP contribution in [0, 0.1) is 13.8 Å². The lowest BCUT2D eigenvalue weighted by Crippen LogP contribution is -2.47. The van der Waals surface area contributed by atoms with Gasteiger partial charge in [-0.15, -0.1) is 22.7 Å². The fourth-order valence-corrected chi connectivity index (χ4v) is 15.8. The molecule has 6 aromatic carbocycles. The zero-order valence-electron chi connectivity index (χ0n) is 56.7. The molecule has 6 heterocycles. The van der Waals surface area contributed by atoms with Crippen LogP contribution in [0.4, 0.5) is 46.0 Å². The van der Waals surface area contributed by atoms with Gasteiger partial charge in [-0.1, -0.05) is 96.0 Å². The summed E-state index contributed by atoms with van der Waals surface area (Å²) < 4.78 is 114. The van der Waals surface area contributed by atoms with E-state index in [2.05, 4.69) is 40.6 Å². The number of nitrogens with one attached hydrogen (secondary N) is 4. The number of fused-ring (bicyclic) bond motifs is 2. The van der Waals surface area contributed by atoms with Crippen LogP contribution in [0.5, 0.6) is 23.3 Å². The van der Waals surface area contributed by atoms with Gasteiger partial charge in [0.05, 0.1) is 42.8 Å². The molecular formula is C70H71Cl2F3N12O12S4. The van der Waals surface area contributed by atoms with Crippen LogP contribution in [0.25, 0.3) is 42.7 Å². The second-order valence-corrected chi connectivity index (χ2v) is 32.0. The number of sulfonamides is 2. The molecule has 0 aliphatic carbocycles. The van der Waals surface area contributed by atoms with E-state index in [9.17, 15) is 39.6 Å². The molecule has 2 amide bonds. The lowest BCUT2D eigenvalue weighted by atomic mass is 10.1. The number of carbonyl (C=O) groups excluding carboxylic acids is 2. The molecule has 2 saturated heterocycles. The Morgan fingerprint density at radius 2 is 1.11 bits per heavy atom. The number of hydrogen-bond acceptors (Lipinski definition) is 22. The first-order chi connectivity index (χ1) is 48.7. The topological polar surface area (TPSA) is 309 Å². The number of thiazole rings is 2. The number of carboxylic acid groups (broad SMARTS) is 1. The fourth-order valence-electron chi connectivity index (χ4n) is 10.7. The van der Waals surface area contributed by atoms with Gasteiger partial charge < -0.3 is 44.9 Å². The van der Waals surface area contributed by atoms with Crippen LogP contribution in [0.15, 0.2) is 156 Å². The molecule has 0 bridgehead atoms. The van der Waals surface area contributed by atoms with Crippen molar-refractivity contribution in [3.8, 4) is 44.4 Å². The number of piperidine rings is 2. The highest BCUT2D eigenvalue weighted by Crippen LogP contribution is 2.45. The fraction of sp³-hybridized carbons (Fsp3) is 0.300. The van der Waals surface area contributed by atoms with Crippen molar-refractivity contribution in [1.29, 1.82) is 0 Å². The molecule has 2 aliphatic rings. The number of likely N-dealkylation sites (tertiary alicyclic amines) is 1. The number of aliphatic carboxylic acids is 1. The minimum absolute atomic E-state index is 0.00660. The number of carbonyl (C=O) groups is 3. The molecule has 33 heteroatoms. The second-order valence-electron chi connectivity index (χ2n) is 25.4. The largest absolute Gasteiger partial charge is 0.490 e. The standard InChI is InChI=1S/C39H43ClN6O7S2.C29H27ClN6O3S2.C2HF3O2/c1-24-42-34(33(54-24)29-20-21-41-35(44-29)43-25-13-12-22-45(23-25)36(47)52-38(2,3)4)51-31-19-18-30(26-14-8-9-15-27(26)31)46(37(48)53-39(5,6)7)55(49,50)32-17-11-10-16-28(32)40;1-18-33-28(27(40-18)24-14-16-32-29(35-24)34-19-7-6-15-31-17-19)39-25-13-12-23(20-8-2-3-9-21(20)25)36-41(37,38)26-11-5-4-10-22(26)30;3-2(4,5)1(6)7/h8-11,14-21,25H,12-13,22-23H2,1-7H3,(H,41,43,44);2-5,8-14,16,19,31,36H,6-7,15,17H2,1H3,(H,32,34,35);(H,6,7)/t25-;19-;/m00./s1. The molecule has 0 unspecified atom stereocenters. The SMILES string of the molecule is Cc1nc(Oc2ccc(N(C(=O)OC(C)(C)C)S(=O)(=O)c3ccccc3Cl)c3ccccc23)c(-c2ccnc(N[C@H]3CCCN(C(=O)OC(C)(C)C)C3)n2)s1.Cc1nc(Oc2ccc(NS(=O)(=O)c3ccccc3Cl)c3ccccc23)c(-c2ccnc(N[C@H]3CCCNC3)n2)s1.O=C(O)C(F)(F)F. The van der Waals surface area contributed by atoms with Gasteiger partial charge in [0.2, 0.25) is 23.7 Å². The van der Waals surface area contributed by atoms with E-state index < -0.39 is 49.5 Å². The third kappa shape index (κ3) is 19.4. The highest BCUT2D eigenvalue weighted by molar-refractivity contribution is 7.93. The lowest BCUT2D eigenvalue weighted by molar-refractivity contribution is -0.192. The Morgan fingerprint density at radius 1 is 0.621 bits per heavy atom. The maximum atomic E-state index is 14.2. The Hall–Kier alpha value is -9.50. The minimum Gasteiger partial charge on any atom is -0.475 e. The number of aryl methyl sites for hydroxylation is 2. The number of rotatable bonds is 16. The van der Waals surface area contributed by atoms with Gasteiger partial charge in [0.15, 0.2) is 0 Å². The maximum Gasteiger partial charge on any atom is 0.490 e. The van der Waals surface area contributed by atoms with Gasteiger partial charge in [-0.25, -0.2) is 61.1 Å². The van der Waals surface area contributed by atoms with Gasteiger partial charge in [-0.3, -0.25) is 4.72 Å². The third-order valence-electron chi connectivity index (χ3n) is 15.1. The Balaban J connectivity index is 0.000000209. The van der Waals surface area contributed by atoms with Crippen LogP contribution in [-0.4, -0.2) is 131 Å². The van der Waals surface area contributed by atoms with Crippen molar-refractivity contribution < 1.29 is 68.4 Å². The Morgan fingerprint density at radius 3 is 1.63 bits per heavy atom. The molecule has 4 aromatic heterocycles. The van der Waals surface area contributed by atoms with Crippen molar-refractivity contribution >= 4 is 129 Å². The van der Waals surface area contributed by atoms with Crippen LogP contribution in [0.2, 0.25) is 10.0 Å². The monoisotopic (exact) mass is 1530 g/mol. The zero-order valence-corrected chi connectivity index (χ0v) is 61.5. The summed E-state index contributed by atoms with van der Waals surface area (Å²) in [5, 5.41) is 21.3. The van der Waals surface area contributed by atoms with Gasteiger partial charge in [-0.2, -0.15) is 17.5 Å². The third-order valence-corrected chi connectivity index (χ3v) is 21.1. The molecule has 103 heavy (non-hydrogen) atoms. The van der Waals surface area contributed by atoms with Crippen molar-refractivity contribution in [3.05, 3.63) is 166 Å². The number of ether oxygens (including phenoxy) is 4. The predicted molar refractivity (Wildman–Crippen MR) is 391 cm³/mol. The first kappa shape index (κ1) is 76.1. The van der Waals surface area contributed by atoms with Gasteiger partial charge in [0.1, 0.15) is 42.2 Å². The number of nitrogens with zero attached hydrogens (tertiary/aromatic N) is 8. The van der Waals surface area contributed by atoms with Crippen molar-refractivity contribution in [2.45, 2.75) is 120 Å². The summed E-state index contributed by atoms with van der Waals surface area (Å²) in [5.41, 5.74) is 0.142. The normalized spacial score (nSPS) is 15.0. The Labute approximate surface area is 610 Å². The van der Waals surface area contributed by atoms with Crippen LogP contribution >= 0.6 is 45.9 Å². The minimum atomic E-state index is -5.08. The predicted octanol–water partition coefficient (Wildman–Crippen LogP) is 16.6. The van der Waals surface area contributed by atoms with Crippen LogP contribution in [0.1, 0.15) is 77.2 Å². The summed E-state index contributed by atoms with van der Waals surface area (Å²) in [6, 6.07) is 36.9. The van der Waals surface area contributed by atoms with Crippen LogP contribution in [0.3, 0.4) is 0 Å². The van der Waals surface area contributed by atoms with E-state index in [-0.39, 0.29) is 49.6 Å². The number of hydrogen-bond donors (Lipinski definition) is 5. The van der Waals surface area contributed by atoms with E-state index in [0.717, 1.165) is 59.1 Å². The van der Waals surface area contributed by atoms with E-state index in [1.54, 1.807) is 111 Å². The molecule has 0 radical (unpaired) electrons. The summed E-state index contributed by atoms with van der Waals surface area (Å²) in [5.74, 6) is -0.197. The summed E-state index contributed by atoms with van der Waals surface area (Å²) in [7, 11) is -8.48. The van der Waals surface area contributed by atoms with Gasteiger partial charge in [0, 0.05) is 65.7 Å². The number of amides is 2. The molecule has 2 aliphatic heterocycles. The van der Waals surface area contributed by atoms with E-state index in [0.29, 0.717) is 84.8 Å². The number of halogens is 5. The number of alkyl halides is 3. The summed E-state index contributed by atoms with van der Waals surface area (Å²) in [6.07, 6.45) is 0.649. The summed E-state index contributed by atoms with van der Waals surface area (Å²) in [6.45, 7) is 17.2. The van der Waals surface area contributed by atoms with Crippen molar-refractivity contribution in [2.75, 3.05) is 45.8 Å². The Kier molecular flexibility index (Phi) is 23.7. The van der Waals surface area contributed by atoms with Crippen molar-refractivity contribution in [1.82, 2.24) is 40.1 Å². The molecule has 0 saturated carbocycles. The molecular weight excluding hydrogens is 1460 g/mol. The van der Waals surface area contributed by atoms with E-state index >= 15 is 0 Å². The second kappa shape index (κ2) is 32.0. The molecule has 2 atom stereocenters. The quantitative estimate of drug-likeness (QED) is 0.0600. The first-order valence-corrected chi connectivity index (χ1v) is 37.4. The van der Waals surface area contributed by atoms with E-state index in [4.69, 9.17) is 62.0 Å². The smallest absolute Gasteiger partial charge is 0.475 e. The highest BCUT2D eigenvalue weighted by atomic mass is 35.5. The number of carboxylic acids is 1. The first-order valence-electron chi connectivity index (χ1n) is 32.0. The van der Waals surface area contributed by atoms with Crippen LogP contribution in [-0.2, 0) is 34.3 Å². The Bertz CT molecular complexity index is 5000. The summed E-state index contributed by atoms with van der Waals surface area (Å²) in [4.78, 5) is 66.0. The summed E-state index contributed by atoms with van der Waals surface area (Å²) >= 11 is 15.4. The lowest BCUT2D eigenvalue weighted by Gasteiger charge is -2.34. The van der Waals surface area contributed by atoms with E-state index in [1.165, 1.54) is 53.0 Å².